The topological polar surface area (TPSA) is 42.0 Å². The normalized spacial score (nSPS) is 21.4. The molecule has 2 aromatic carbocycles. The average Bonchev–Trinajstić information content (AvgIpc) is 3.35. The number of carbonyl (C=O) groups is 1. The van der Waals surface area contributed by atoms with E-state index in [-0.39, 0.29) is 29.3 Å². The Morgan fingerprint density at radius 1 is 1.11 bits per heavy atom. The summed E-state index contributed by atoms with van der Waals surface area (Å²) in [4.78, 5) is 16.7. The van der Waals surface area contributed by atoms with Crippen molar-refractivity contribution in [2.75, 3.05) is 5.32 Å². The third-order valence-corrected chi connectivity index (χ3v) is 5.68. The van der Waals surface area contributed by atoms with Crippen LogP contribution in [0.4, 0.5) is 10.1 Å². The number of pyridine rings is 1. The molecule has 4 heteroatoms. The SMILES string of the molecule is CC(C)c1ccc(C2C(C)C2C(=O)Nc2ccc3cnccc3c2F)cc1. The average molecular weight is 362 g/mol. The first kappa shape index (κ1) is 17.7. The van der Waals surface area contributed by atoms with Crippen LogP contribution in [-0.4, -0.2) is 10.9 Å². The van der Waals surface area contributed by atoms with Crippen molar-refractivity contribution < 1.29 is 9.18 Å². The van der Waals surface area contributed by atoms with Crippen molar-refractivity contribution in [3.05, 3.63) is 71.8 Å². The molecule has 0 saturated heterocycles. The lowest BCUT2D eigenvalue weighted by Gasteiger charge is -2.09. The first-order chi connectivity index (χ1) is 13.0. The van der Waals surface area contributed by atoms with E-state index in [0.29, 0.717) is 11.3 Å². The lowest BCUT2D eigenvalue weighted by atomic mass is 9.99. The monoisotopic (exact) mass is 362 g/mol. The summed E-state index contributed by atoms with van der Waals surface area (Å²) in [7, 11) is 0. The predicted octanol–water partition coefficient (Wildman–Crippen LogP) is 5.49. The third kappa shape index (κ3) is 3.20. The van der Waals surface area contributed by atoms with E-state index in [1.165, 1.54) is 11.1 Å². The summed E-state index contributed by atoms with van der Waals surface area (Å²) in [5, 5.41) is 3.97. The maximum Gasteiger partial charge on any atom is 0.228 e. The number of carbonyl (C=O) groups excluding carboxylic acids is 1. The van der Waals surface area contributed by atoms with E-state index in [4.69, 9.17) is 0 Å². The molecule has 3 unspecified atom stereocenters. The molecule has 138 valence electrons. The van der Waals surface area contributed by atoms with Gasteiger partial charge in [0.15, 0.2) is 5.82 Å². The van der Waals surface area contributed by atoms with Crippen molar-refractivity contribution in [2.24, 2.45) is 11.8 Å². The van der Waals surface area contributed by atoms with Gasteiger partial charge in [-0.3, -0.25) is 9.78 Å². The van der Waals surface area contributed by atoms with Crippen LogP contribution in [0.1, 0.15) is 43.7 Å². The summed E-state index contributed by atoms with van der Waals surface area (Å²) in [6.07, 6.45) is 3.17. The quantitative estimate of drug-likeness (QED) is 0.667. The van der Waals surface area contributed by atoms with Gasteiger partial charge in [-0.2, -0.15) is 0 Å². The first-order valence-electron chi connectivity index (χ1n) is 9.40. The zero-order chi connectivity index (χ0) is 19.1. The van der Waals surface area contributed by atoms with Gasteiger partial charge in [-0.15, -0.1) is 0 Å². The molecule has 3 atom stereocenters. The van der Waals surface area contributed by atoms with Gasteiger partial charge in [-0.1, -0.05) is 51.1 Å². The molecule has 0 bridgehead atoms. The number of rotatable bonds is 4. The molecule has 27 heavy (non-hydrogen) atoms. The minimum absolute atomic E-state index is 0.118. The molecule has 4 rings (SSSR count). The molecule has 3 nitrogen and oxygen atoms in total. The lowest BCUT2D eigenvalue weighted by Crippen LogP contribution is -2.16. The zero-order valence-electron chi connectivity index (χ0n) is 15.7. The molecule has 1 aliphatic rings. The number of anilines is 1. The number of amides is 1. The van der Waals surface area contributed by atoms with Crippen LogP contribution >= 0.6 is 0 Å². The Bertz CT molecular complexity index is 997. The molecule has 0 aliphatic heterocycles. The summed E-state index contributed by atoms with van der Waals surface area (Å²) >= 11 is 0. The Labute approximate surface area is 158 Å². The summed E-state index contributed by atoms with van der Waals surface area (Å²) in [5.41, 5.74) is 2.70. The Balaban J connectivity index is 1.51. The second kappa shape index (κ2) is 6.76. The smallest absolute Gasteiger partial charge is 0.228 e. The fourth-order valence-electron chi connectivity index (χ4n) is 3.92. The van der Waals surface area contributed by atoms with Crippen LogP contribution in [0.25, 0.3) is 10.8 Å². The van der Waals surface area contributed by atoms with Crippen LogP contribution in [0.15, 0.2) is 54.9 Å². The molecule has 1 aliphatic carbocycles. The summed E-state index contributed by atoms with van der Waals surface area (Å²) in [6, 6.07) is 13.5. The van der Waals surface area contributed by atoms with E-state index < -0.39 is 5.82 Å². The van der Waals surface area contributed by atoms with E-state index >= 15 is 0 Å². The van der Waals surface area contributed by atoms with Crippen molar-refractivity contribution >= 4 is 22.4 Å². The van der Waals surface area contributed by atoms with Gasteiger partial charge in [-0.05, 0) is 41.0 Å². The van der Waals surface area contributed by atoms with E-state index in [1.807, 2.05) is 0 Å². The van der Waals surface area contributed by atoms with Gasteiger partial charge in [0.1, 0.15) is 0 Å². The van der Waals surface area contributed by atoms with Gasteiger partial charge in [0.2, 0.25) is 5.91 Å². The maximum absolute atomic E-state index is 14.7. The highest BCUT2D eigenvalue weighted by Gasteiger charge is 2.52. The minimum Gasteiger partial charge on any atom is -0.323 e. The number of hydrogen-bond donors (Lipinski definition) is 1. The molecule has 3 aromatic rings. The van der Waals surface area contributed by atoms with Gasteiger partial charge in [0, 0.05) is 29.1 Å². The molecule has 1 N–H and O–H groups in total. The molecule has 0 radical (unpaired) electrons. The van der Waals surface area contributed by atoms with Gasteiger partial charge < -0.3 is 5.32 Å². The highest BCUT2D eigenvalue weighted by Crippen LogP contribution is 2.54. The van der Waals surface area contributed by atoms with E-state index in [0.717, 1.165) is 5.39 Å². The van der Waals surface area contributed by atoms with Gasteiger partial charge >= 0.3 is 0 Å². The van der Waals surface area contributed by atoms with Crippen molar-refractivity contribution in [3.8, 4) is 0 Å². The highest BCUT2D eigenvalue weighted by molar-refractivity contribution is 5.98. The number of fused-ring (bicyclic) bond motifs is 1. The summed E-state index contributed by atoms with van der Waals surface area (Å²) in [6.45, 7) is 6.41. The van der Waals surface area contributed by atoms with Gasteiger partial charge in [-0.25, -0.2) is 4.39 Å². The molecule has 1 heterocycles. The van der Waals surface area contributed by atoms with Crippen LogP contribution in [0, 0.1) is 17.7 Å². The van der Waals surface area contributed by atoms with Crippen LogP contribution in [-0.2, 0) is 4.79 Å². The Morgan fingerprint density at radius 2 is 1.85 bits per heavy atom. The number of benzene rings is 2. The number of nitrogens with zero attached hydrogens (tertiary/aromatic N) is 1. The second-order valence-electron chi connectivity index (χ2n) is 7.75. The third-order valence-electron chi connectivity index (χ3n) is 5.68. The zero-order valence-corrected chi connectivity index (χ0v) is 15.7. The number of halogens is 1. The molecule has 1 saturated carbocycles. The molecular weight excluding hydrogens is 339 g/mol. The fraction of sp³-hybridized carbons (Fsp3) is 0.304. The van der Waals surface area contributed by atoms with Crippen LogP contribution in [0.5, 0.6) is 0 Å². The predicted molar refractivity (Wildman–Crippen MR) is 106 cm³/mol. The Kier molecular flexibility index (Phi) is 4.42. The van der Waals surface area contributed by atoms with Crippen molar-refractivity contribution in [1.29, 1.82) is 0 Å². The molecule has 0 spiro atoms. The molecule has 1 aromatic heterocycles. The number of hydrogen-bond acceptors (Lipinski definition) is 2. The fourth-order valence-corrected chi connectivity index (χ4v) is 3.92. The number of nitrogens with one attached hydrogen (secondary N) is 1. The van der Waals surface area contributed by atoms with E-state index in [2.05, 4.69) is 55.3 Å². The van der Waals surface area contributed by atoms with Crippen LogP contribution in [0.2, 0.25) is 0 Å². The summed E-state index contributed by atoms with van der Waals surface area (Å²) < 4.78 is 14.7. The Morgan fingerprint density at radius 3 is 2.56 bits per heavy atom. The largest absolute Gasteiger partial charge is 0.323 e. The van der Waals surface area contributed by atoms with Crippen molar-refractivity contribution in [3.63, 3.8) is 0 Å². The molecule has 1 amide bonds. The second-order valence-corrected chi connectivity index (χ2v) is 7.75. The lowest BCUT2D eigenvalue weighted by molar-refractivity contribution is -0.117. The standard InChI is InChI=1S/C23H23FN2O/c1-13(2)15-4-6-16(7-5-15)20-14(3)21(20)23(27)26-19-9-8-17-12-25-11-10-18(17)22(19)24/h4-14,20-21H,1-3H3,(H,26,27). The number of aromatic nitrogens is 1. The van der Waals surface area contributed by atoms with Gasteiger partial charge in [0.05, 0.1) is 5.69 Å². The van der Waals surface area contributed by atoms with Crippen molar-refractivity contribution in [1.82, 2.24) is 4.98 Å². The van der Waals surface area contributed by atoms with Crippen molar-refractivity contribution in [2.45, 2.75) is 32.6 Å². The maximum atomic E-state index is 14.7. The van der Waals surface area contributed by atoms with E-state index in [9.17, 15) is 9.18 Å². The Hall–Kier alpha value is -2.75. The minimum atomic E-state index is -0.408. The van der Waals surface area contributed by atoms with Crippen LogP contribution in [0.3, 0.4) is 0 Å². The first-order valence-corrected chi connectivity index (χ1v) is 9.40. The van der Waals surface area contributed by atoms with Gasteiger partial charge in [0.25, 0.3) is 0 Å². The highest BCUT2D eigenvalue weighted by atomic mass is 19.1. The van der Waals surface area contributed by atoms with E-state index in [1.54, 1.807) is 30.6 Å². The molecule has 1 fully saturated rings. The summed E-state index contributed by atoms with van der Waals surface area (Å²) in [5.74, 6) is 0.284. The van der Waals surface area contributed by atoms with Crippen LogP contribution < -0.4 is 5.32 Å². The molecular formula is C23H23FN2O.